The summed E-state index contributed by atoms with van der Waals surface area (Å²) < 4.78 is 32.0. The van der Waals surface area contributed by atoms with Gasteiger partial charge in [-0.25, -0.2) is 4.98 Å². The number of benzene rings is 2. The minimum atomic E-state index is -3.66. The fraction of sp³-hybridized carbons (Fsp3) is 0.222. The lowest BCUT2D eigenvalue weighted by atomic mass is 10.1. The monoisotopic (exact) mass is 371 g/mol. The molecule has 8 heteroatoms. The Morgan fingerprint density at radius 3 is 2.35 bits per heavy atom. The maximum Gasteiger partial charge on any atom is 0.277 e. The molecule has 0 saturated carbocycles. The number of rotatable bonds is 9. The van der Waals surface area contributed by atoms with Gasteiger partial charge in [-0.1, -0.05) is 60.7 Å². The van der Waals surface area contributed by atoms with E-state index in [1.54, 1.807) is 11.0 Å². The summed E-state index contributed by atoms with van der Waals surface area (Å²) in [6.45, 7) is 0.793. The quantitative estimate of drug-likeness (QED) is 0.602. The lowest BCUT2D eigenvalue weighted by Gasteiger charge is -2.19. The van der Waals surface area contributed by atoms with Crippen molar-refractivity contribution >= 4 is 10.2 Å². The van der Waals surface area contributed by atoms with Gasteiger partial charge in [0.15, 0.2) is 0 Å². The van der Waals surface area contributed by atoms with Crippen LogP contribution in [0.25, 0.3) is 0 Å². The van der Waals surface area contributed by atoms with Crippen LogP contribution in [0.5, 0.6) is 0 Å². The molecule has 0 unspecified atom stereocenters. The van der Waals surface area contributed by atoms with Gasteiger partial charge in [-0.05, 0) is 17.5 Å². The summed E-state index contributed by atoms with van der Waals surface area (Å²) in [6, 6.07) is 18.5. The van der Waals surface area contributed by atoms with Crippen molar-refractivity contribution in [3.05, 3.63) is 84.4 Å². The highest BCUT2D eigenvalue weighted by Crippen LogP contribution is 2.18. The second kappa shape index (κ2) is 8.70. The first-order valence-corrected chi connectivity index (χ1v) is 9.79. The largest absolute Gasteiger partial charge is 0.277 e. The van der Waals surface area contributed by atoms with Crippen LogP contribution in [0.15, 0.2) is 73.3 Å². The molecule has 0 bridgehead atoms. The van der Waals surface area contributed by atoms with Gasteiger partial charge in [0.2, 0.25) is 0 Å². The van der Waals surface area contributed by atoms with E-state index in [0.29, 0.717) is 13.0 Å². The smallest absolute Gasteiger partial charge is 0.253 e. The molecule has 0 spiro atoms. The fourth-order valence-corrected chi connectivity index (χ4v) is 3.66. The lowest BCUT2D eigenvalue weighted by Crippen LogP contribution is -2.38. The number of nitrogens with one attached hydrogen (secondary N) is 2. The molecule has 0 aliphatic carbocycles. The Kier molecular flexibility index (Phi) is 6.11. The Morgan fingerprint density at radius 2 is 1.69 bits per heavy atom. The molecule has 0 amide bonds. The van der Waals surface area contributed by atoms with Crippen LogP contribution in [0.4, 0.5) is 0 Å². The second-order valence-electron chi connectivity index (χ2n) is 5.84. The number of aromatic nitrogens is 3. The number of hydrogen-bond donors (Lipinski definition) is 2. The highest BCUT2D eigenvalue weighted by molar-refractivity contribution is 7.87. The van der Waals surface area contributed by atoms with Crippen molar-refractivity contribution in [2.45, 2.75) is 25.6 Å². The van der Waals surface area contributed by atoms with E-state index in [0.717, 1.165) is 11.1 Å². The normalized spacial score (nSPS) is 12.8. The van der Waals surface area contributed by atoms with Crippen molar-refractivity contribution in [3.63, 3.8) is 0 Å². The molecule has 7 nitrogen and oxygen atoms in total. The summed E-state index contributed by atoms with van der Waals surface area (Å²) in [5, 5.41) is 4.07. The molecule has 26 heavy (non-hydrogen) atoms. The summed E-state index contributed by atoms with van der Waals surface area (Å²) in [5.41, 5.74) is 1.80. The molecule has 2 aromatic carbocycles. The third-order valence-electron chi connectivity index (χ3n) is 3.92. The predicted octanol–water partition coefficient (Wildman–Crippen LogP) is 2.03. The molecule has 2 N–H and O–H groups in total. The Hall–Kier alpha value is -2.55. The molecule has 0 aliphatic heterocycles. The zero-order valence-electron chi connectivity index (χ0n) is 14.2. The van der Waals surface area contributed by atoms with Gasteiger partial charge in [-0.3, -0.25) is 4.68 Å². The van der Waals surface area contributed by atoms with Crippen molar-refractivity contribution in [3.8, 4) is 0 Å². The van der Waals surface area contributed by atoms with E-state index >= 15 is 0 Å². The summed E-state index contributed by atoms with van der Waals surface area (Å²) in [6.07, 6.45) is 3.63. The maximum absolute atomic E-state index is 12.5. The molecule has 3 aromatic rings. The fourth-order valence-electron chi connectivity index (χ4n) is 2.59. The van der Waals surface area contributed by atoms with Crippen LogP contribution in [0.2, 0.25) is 0 Å². The predicted molar refractivity (Wildman–Crippen MR) is 99.2 cm³/mol. The molecular weight excluding hydrogens is 350 g/mol. The van der Waals surface area contributed by atoms with Gasteiger partial charge in [-0.2, -0.15) is 23.0 Å². The topological polar surface area (TPSA) is 88.9 Å². The van der Waals surface area contributed by atoms with Gasteiger partial charge in [0.05, 0.1) is 0 Å². The summed E-state index contributed by atoms with van der Waals surface area (Å²) >= 11 is 0. The highest BCUT2D eigenvalue weighted by atomic mass is 32.2. The zero-order valence-corrected chi connectivity index (χ0v) is 15.0. The molecular formula is C18H21N5O2S. The van der Waals surface area contributed by atoms with Crippen molar-refractivity contribution < 1.29 is 8.42 Å². The van der Waals surface area contributed by atoms with Crippen LogP contribution >= 0.6 is 0 Å². The Bertz CT molecular complexity index is 884. The molecule has 1 atom stereocenters. The minimum absolute atomic E-state index is 0.237. The summed E-state index contributed by atoms with van der Waals surface area (Å²) in [4.78, 5) is 3.91. The number of hydrogen-bond acceptors (Lipinski definition) is 4. The van der Waals surface area contributed by atoms with E-state index in [4.69, 9.17) is 0 Å². The second-order valence-corrected chi connectivity index (χ2v) is 7.37. The van der Waals surface area contributed by atoms with E-state index in [1.165, 1.54) is 6.33 Å². The molecule has 1 heterocycles. The number of aryl methyl sites for hydroxylation is 1. The zero-order chi connectivity index (χ0) is 18.2. The van der Waals surface area contributed by atoms with E-state index in [9.17, 15) is 8.42 Å². The summed E-state index contributed by atoms with van der Waals surface area (Å²) in [7, 11) is -3.66. The molecule has 0 radical (unpaired) electrons. The Balaban J connectivity index is 1.67. The Morgan fingerprint density at radius 1 is 1.00 bits per heavy atom. The van der Waals surface area contributed by atoms with E-state index in [1.807, 2.05) is 60.7 Å². The van der Waals surface area contributed by atoms with Crippen molar-refractivity contribution in [2.75, 3.05) is 0 Å². The van der Waals surface area contributed by atoms with Crippen molar-refractivity contribution in [1.82, 2.24) is 24.2 Å². The molecule has 0 saturated heterocycles. The van der Waals surface area contributed by atoms with E-state index in [2.05, 4.69) is 19.5 Å². The molecule has 3 rings (SSSR count). The van der Waals surface area contributed by atoms with Gasteiger partial charge in [0.1, 0.15) is 12.7 Å². The first-order valence-electron chi connectivity index (χ1n) is 8.30. The van der Waals surface area contributed by atoms with Gasteiger partial charge in [0, 0.05) is 19.1 Å². The first-order chi connectivity index (χ1) is 12.6. The highest BCUT2D eigenvalue weighted by Gasteiger charge is 2.19. The molecule has 136 valence electrons. The average molecular weight is 371 g/mol. The van der Waals surface area contributed by atoms with Gasteiger partial charge >= 0.3 is 0 Å². The SMILES string of the molecule is O=S(=O)(NCc1ccccc1)N[C@@H](CCn1cncn1)c1ccccc1. The van der Waals surface area contributed by atoms with Crippen molar-refractivity contribution in [1.29, 1.82) is 0 Å². The van der Waals surface area contributed by atoms with Crippen LogP contribution in [-0.4, -0.2) is 23.2 Å². The van der Waals surface area contributed by atoms with E-state index in [-0.39, 0.29) is 12.6 Å². The van der Waals surface area contributed by atoms with Crippen LogP contribution in [0.1, 0.15) is 23.6 Å². The van der Waals surface area contributed by atoms with E-state index < -0.39 is 10.2 Å². The minimum Gasteiger partial charge on any atom is -0.253 e. The van der Waals surface area contributed by atoms with Crippen LogP contribution < -0.4 is 9.44 Å². The van der Waals surface area contributed by atoms with Crippen molar-refractivity contribution in [2.24, 2.45) is 0 Å². The van der Waals surface area contributed by atoms with Gasteiger partial charge < -0.3 is 0 Å². The average Bonchev–Trinajstić information content (AvgIpc) is 3.19. The van der Waals surface area contributed by atoms with Crippen LogP contribution in [-0.2, 0) is 23.3 Å². The van der Waals surface area contributed by atoms with Gasteiger partial charge in [-0.15, -0.1) is 0 Å². The number of nitrogens with zero attached hydrogens (tertiary/aromatic N) is 3. The van der Waals surface area contributed by atoms with Crippen LogP contribution in [0, 0.1) is 0 Å². The third kappa shape index (κ3) is 5.48. The standard InChI is InChI=1S/C18H21N5O2S/c24-26(25,21-13-16-7-3-1-4-8-16)22-18(17-9-5-2-6-10-17)11-12-23-15-19-14-20-23/h1-10,14-15,18,21-22H,11-13H2/t18-/m0/s1. The molecule has 1 aromatic heterocycles. The molecule has 0 aliphatic rings. The van der Waals surface area contributed by atoms with Gasteiger partial charge in [0.25, 0.3) is 10.2 Å². The third-order valence-corrected chi connectivity index (χ3v) is 5.04. The Labute approximate surface area is 153 Å². The maximum atomic E-state index is 12.5. The first kappa shape index (κ1) is 18.2. The molecule has 0 fully saturated rings. The lowest BCUT2D eigenvalue weighted by molar-refractivity contribution is 0.481. The summed E-state index contributed by atoms with van der Waals surface area (Å²) in [5.74, 6) is 0. The van der Waals surface area contributed by atoms with Crippen LogP contribution in [0.3, 0.4) is 0 Å².